The molecule has 0 aliphatic heterocycles. The first-order chi connectivity index (χ1) is 7.97. The summed E-state index contributed by atoms with van der Waals surface area (Å²) < 4.78 is 0. The predicted octanol–water partition coefficient (Wildman–Crippen LogP) is 2.71. The molecular formula is C13H11N3. The van der Waals surface area contributed by atoms with E-state index in [1.807, 2.05) is 0 Å². The highest BCUT2D eigenvalue weighted by Crippen LogP contribution is 2.11. The van der Waals surface area contributed by atoms with Gasteiger partial charge in [0, 0.05) is 0 Å². The van der Waals surface area contributed by atoms with Gasteiger partial charge in [-0.15, -0.1) is 10.2 Å². The first-order valence-electron chi connectivity index (χ1n) is 4.99. The molecule has 0 aliphatic carbocycles. The lowest BCUT2D eigenvalue weighted by atomic mass is 10.1. The van der Waals surface area contributed by atoms with Crippen molar-refractivity contribution in [3.63, 3.8) is 0 Å². The summed E-state index contributed by atoms with van der Waals surface area (Å²) in [5.74, 6) is 0. The van der Waals surface area contributed by atoms with E-state index >= 15 is 0 Å². The maximum atomic E-state index is 3.42. The van der Waals surface area contributed by atoms with E-state index in [-0.39, 0.29) is 0 Å². The molecule has 0 unspecified atom stereocenters. The van der Waals surface area contributed by atoms with Gasteiger partial charge in [0.2, 0.25) is 0 Å². The zero-order valence-electron chi connectivity index (χ0n) is 8.69. The molecule has 0 spiro atoms. The fourth-order valence-electron chi connectivity index (χ4n) is 1.34. The predicted molar refractivity (Wildman–Crippen MR) is 63.8 cm³/mol. The lowest BCUT2D eigenvalue weighted by Gasteiger charge is -1.92. The van der Waals surface area contributed by atoms with Gasteiger partial charge in [-0.25, -0.2) is 0 Å². The number of benzene rings is 2. The third kappa shape index (κ3) is 2.85. The van der Waals surface area contributed by atoms with E-state index in [2.05, 4.69) is 63.9 Å². The van der Waals surface area contributed by atoms with Crippen LogP contribution in [0, 0.1) is 0 Å². The van der Waals surface area contributed by atoms with Crippen molar-refractivity contribution in [1.29, 1.82) is 0 Å². The standard InChI is InChI=1S/C10H8.C3H3N3/c1-2-6-10-8-4-3-7-9(10)5-1;1-2-4-6-5-3-1/h1-8H;1-3H. The number of aromatic nitrogens is 3. The number of rotatable bonds is 0. The molecule has 3 aromatic rings. The quantitative estimate of drug-likeness (QED) is 0.571. The summed E-state index contributed by atoms with van der Waals surface area (Å²) in [6, 6.07) is 18.4. The number of hydrogen-bond acceptors (Lipinski definition) is 3. The molecule has 16 heavy (non-hydrogen) atoms. The van der Waals surface area contributed by atoms with Gasteiger partial charge in [-0.2, -0.15) is 0 Å². The summed E-state index contributed by atoms with van der Waals surface area (Å²) in [6.07, 6.45) is 3.15. The molecule has 0 amide bonds. The van der Waals surface area contributed by atoms with Crippen molar-refractivity contribution in [2.75, 3.05) is 0 Å². The Hall–Kier alpha value is -2.29. The first kappa shape index (κ1) is 10.2. The highest BCUT2D eigenvalue weighted by atomic mass is 15.3. The minimum absolute atomic E-state index is 1.31. The Bertz CT molecular complexity index is 445. The van der Waals surface area contributed by atoms with Crippen molar-refractivity contribution in [2.45, 2.75) is 0 Å². The summed E-state index contributed by atoms with van der Waals surface area (Å²) in [5, 5.41) is 12.8. The molecule has 1 heterocycles. The van der Waals surface area contributed by atoms with Gasteiger partial charge in [0.1, 0.15) is 0 Å². The zero-order valence-corrected chi connectivity index (χ0v) is 8.69. The molecule has 0 bridgehead atoms. The molecule has 0 saturated carbocycles. The zero-order chi connectivity index (χ0) is 11.1. The van der Waals surface area contributed by atoms with Crippen LogP contribution in [0.15, 0.2) is 67.0 Å². The Morgan fingerprint density at radius 3 is 1.25 bits per heavy atom. The van der Waals surface area contributed by atoms with Crippen LogP contribution < -0.4 is 0 Å². The normalized spacial score (nSPS) is 9.25. The van der Waals surface area contributed by atoms with Crippen molar-refractivity contribution in [2.24, 2.45) is 0 Å². The Morgan fingerprint density at radius 2 is 1.00 bits per heavy atom. The minimum Gasteiger partial charge on any atom is -0.139 e. The molecule has 0 aliphatic rings. The molecule has 0 radical (unpaired) electrons. The molecule has 78 valence electrons. The van der Waals surface area contributed by atoms with E-state index < -0.39 is 0 Å². The fourth-order valence-corrected chi connectivity index (χ4v) is 1.34. The molecule has 3 heteroatoms. The summed E-state index contributed by atoms with van der Waals surface area (Å²) in [4.78, 5) is 0. The van der Waals surface area contributed by atoms with Crippen LogP contribution in [0.4, 0.5) is 0 Å². The van der Waals surface area contributed by atoms with Crippen LogP contribution in [0.1, 0.15) is 0 Å². The van der Waals surface area contributed by atoms with Crippen molar-refractivity contribution in [3.8, 4) is 0 Å². The van der Waals surface area contributed by atoms with E-state index in [1.165, 1.54) is 10.8 Å². The summed E-state index contributed by atoms with van der Waals surface area (Å²) in [5.41, 5.74) is 0. The largest absolute Gasteiger partial charge is 0.139 e. The van der Waals surface area contributed by atoms with Crippen LogP contribution in [0.25, 0.3) is 10.8 Å². The van der Waals surface area contributed by atoms with Crippen LogP contribution in [0.2, 0.25) is 0 Å². The van der Waals surface area contributed by atoms with Gasteiger partial charge in [0.25, 0.3) is 0 Å². The average Bonchev–Trinajstić information content (AvgIpc) is 2.42. The smallest absolute Gasteiger partial charge is 0.0529 e. The van der Waals surface area contributed by atoms with E-state index in [0.29, 0.717) is 0 Å². The lowest BCUT2D eigenvalue weighted by molar-refractivity contribution is 0.865. The van der Waals surface area contributed by atoms with Crippen molar-refractivity contribution in [3.05, 3.63) is 67.0 Å². The summed E-state index contributed by atoms with van der Waals surface area (Å²) in [6.45, 7) is 0. The second-order valence-corrected chi connectivity index (χ2v) is 3.16. The molecule has 0 fully saturated rings. The lowest BCUT2D eigenvalue weighted by Crippen LogP contribution is -1.78. The molecule has 0 N–H and O–H groups in total. The maximum Gasteiger partial charge on any atom is 0.0529 e. The second kappa shape index (κ2) is 5.56. The number of fused-ring (bicyclic) bond motifs is 1. The monoisotopic (exact) mass is 209 g/mol. The average molecular weight is 209 g/mol. The first-order valence-corrected chi connectivity index (χ1v) is 4.99. The van der Waals surface area contributed by atoms with Crippen LogP contribution >= 0.6 is 0 Å². The van der Waals surface area contributed by atoms with Crippen LogP contribution in [-0.2, 0) is 0 Å². The van der Waals surface area contributed by atoms with Gasteiger partial charge in [-0.1, -0.05) is 48.5 Å². The third-order valence-electron chi connectivity index (χ3n) is 2.07. The fraction of sp³-hybridized carbons (Fsp3) is 0. The summed E-state index contributed by atoms with van der Waals surface area (Å²) in [7, 11) is 0. The minimum atomic E-state index is 1.31. The van der Waals surface area contributed by atoms with Crippen LogP contribution in [-0.4, -0.2) is 15.4 Å². The van der Waals surface area contributed by atoms with Crippen LogP contribution in [0.5, 0.6) is 0 Å². The second-order valence-electron chi connectivity index (χ2n) is 3.16. The van der Waals surface area contributed by atoms with Gasteiger partial charge in [-0.3, -0.25) is 0 Å². The van der Waals surface area contributed by atoms with E-state index in [1.54, 1.807) is 18.5 Å². The Balaban J connectivity index is 0.000000138. The molecule has 2 aromatic carbocycles. The highest BCUT2D eigenvalue weighted by molar-refractivity contribution is 5.81. The molecule has 0 saturated heterocycles. The topological polar surface area (TPSA) is 38.7 Å². The van der Waals surface area contributed by atoms with Gasteiger partial charge < -0.3 is 0 Å². The van der Waals surface area contributed by atoms with Gasteiger partial charge in [0.05, 0.1) is 12.4 Å². The van der Waals surface area contributed by atoms with Gasteiger partial charge >= 0.3 is 0 Å². The number of nitrogens with zero attached hydrogens (tertiary/aromatic N) is 3. The Labute approximate surface area is 93.8 Å². The molecule has 0 atom stereocenters. The Kier molecular flexibility index (Phi) is 3.55. The van der Waals surface area contributed by atoms with E-state index in [4.69, 9.17) is 0 Å². The van der Waals surface area contributed by atoms with Crippen molar-refractivity contribution >= 4 is 10.8 Å². The molecule has 3 rings (SSSR count). The van der Waals surface area contributed by atoms with E-state index in [0.717, 1.165) is 0 Å². The van der Waals surface area contributed by atoms with E-state index in [9.17, 15) is 0 Å². The van der Waals surface area contributed by atoms with Crippen LogP contribution in [0.3, 0.4) is 0 Å². The highest BCUT2D eigenvalue weighted by Gasteiger charge is 1.85. The third-order valence-corrected chi connectivity index (χ3v) is 2.07. The summed E-state index contributed by atoms with van der Waals surface area (Å²) >= 11 is 0. The van der Waals surface area contributed by atoms with Crippen molar-refractivity contribution < 1.29 is 0 Å². The number of hydrogen-bond donors (Lipinski definition) is 0. The van der Waals surface area contributed by atoms with Gasteiger partial charge in [-0.05, 0) is 22.1 Å². The Morgan fingerprint density at radius 1 is 0.562 bits per heavy atom. The van der Waals surface area contributed by atoms with Gasteiger partial charge in [0.15, 0.2) is 0 Å². The molecular weight excluding hydrogens is 198 g/mol. The molecule has 1 aromatic heterocycles. The van der Waals surface area contributed by atoms with Crippen molar-refractivity contribution in [1.82, 2.24) is 15.4 Å². The SMILES string of the molecule is c1ccc2ccccc2c1.c1cnnnc1. The molecule has 3 nitrogen and oxygen atoms in total. The maximum absolute atomic E-state index is 3.42.